The average Bonchev–Trinajstić information content (AvgIpc) is 2.42. The van der Waals surface area contributed by atoms with E-state index in [0.717, 1.165) is 16.9 Å². The minimum Gasteiger partial charge on any atom is -0.508 e. The molecule has 1 aromatic heterocycles. The van der Waals surface area contributed by atoms with Crippen LogP contribution in [0.2, 0.25) is 0 Å². The third kappa shape index (κ3) is 3.34. The van der Waals surface area contributed by atoms with Crippen LogP contribution in [0.25, 0.3) is 0 Å². The molecular weight excluding hydrogens is 242 g/mol. The lowest BCUT2D eigenvalue weighted by atomic mass is 10.2. The van der Waals surface area contributed by atoms with Crippen molar-refractivity contribution in [3.63, 3.8) is 0 Å². The summed E-state index contributed by atoms with van der Waals surface area (Å²) in [5, 5.41) is 12.5. The smallest absolute Gasteiger partial charge is 0.221 e. The Morgan fingerprint density at radius 2 is 1.95 bits per heavy atom. The number of aromatic hydroxyl groups is 1. The largest absolute Gasteiger partial charge is 0.508 e. The lowest BCUT2D eigenvalue weighted by Crippen LogP contribution is -2.06. The molecule has 2 aromatic rings. The summed E-state index contributed by atoms with van der Waals surface area (Å²) < 4.78 is 5.42. The van der Waals surface area contributed by atoms with Gasteiger partial charge in [0.05, 0.1) is 12.2 Å². The molecule has 2 N–H and O–H groups in total. The second-order valence-corrected chi connectivity index (χ2v) is 4.11. The second-order valence-electron chi connectivity index (χ2n) is 4.11. The van der Waals surface area contributed by atoms with E-state index >= 15 is 0 Å². The molecule has 0 amide bonds. The summed E-state index contributed by atoms with van der Waals surface area (Å²) in [7, 11) is 0. The van der Waals surface area contributed by atoms with Gasteiger partial charge >= 0.3 is 0 Å². The molecule has 0 radical (unpaired) electrons. The van der Waals surface area contributed by atoms with E-state index in [1.165, 1.54) is 6.33 Å². The number of hydrogen-bond donors (Lipinski definition) is 2. The topological polar surface area (TPSA) is 67.3 Å². The Balaban J connectivity index is 2.07. The van der Waals surface area contributed by atoms with Crippen molar-refractivity contribution in [2.45, 2.75) is 20.4 Å². The molecule has 5 nitrogen and oxygen atoms in total. The number of hydrogen-bond acceptors (Lipinski definition) is 5. The molecule has 19 heavy (non-hydrogen) atoms. The molecular formula is C14H17N3O2. The first-order chi connectivity index (χ1) is 9.20. The van der Waals surface area contributed by atoms with Crippen LogP contribution in [0.15, 0.2) is 30.6 Å². The third-order valence-electron chi connectivity index (χ3n) is 2.72. The van der Waals surface area contributed by atoms with Crippen molar-refractivity contribution in [3.8, 4) is 11.6 Å². The van der Waals surface area contributed by atoms with Crippen LogP contribution in [0.4, 0.5) is 5.82 Å². The summed E-state index contributed by atoms with van der Waals surface area (Å²) in [6.07, 6.45) is 1.48. The van der Waals surface area contributed by atoms with Gasteiger partial charge in [0.25, 0.3) is 0 Å². The Bertz CT molecular complexity index is 541. The van der Waals surface area contributed by atoms with Crippen molar-refractivity contribution < 1.29 is 9.84 Å². The Morgan fingerprint density at radius 1 is 1.21 bits per heavy atom. The molecule has 1 heterocycles. The van der Waals surface area contributed by atoms with Gasteiger partial charge in [-0.2, -0.15) is 0 Å². The summed E-state index contributed by atoms with van der Waals surface area (Å²) in [6.45, 7) is 5.05. The van der Waals surface area contributed by atoms with E-state index in [9.17, 15) is 5.11 Å². The van der Waals surface area contributed by atoms with Crippen molar-refractivity contribution in [1.29, 1.82) is 0 Å². The van der Waals surface area contributed by atoms with Gasteiger partial charge in [0.2, 0.25) is 5.88 Å². The number of phenols is 1. The number of phenolic OH excluding ortho intramolecular Hbond substituents is 1. The fourth-order valence-corrected chi connectivity index (χ4v) is 1.69. The molecule has 0 aliphatic heterocycles. The lowest BCUT2D eigenvalue weighted by Gasteiger charge is -2.11. The molecule has 0 fully saturated rings. The Labute approximate surface area is 112 Å². The fraction of sp³-hybridized carbons (Fsp3) is 0.286. The first-order valence-corrected chi connectivity index (χ1v) is 6.17. The summed E-state index contributed by atoms with van der Waals surface area (Å²) in [5.74, 6) is 1.62. The standard InChI is InChI=1S/C14H17N3O2/c1-3-19-14-10(2)13(16-9-17-14)15-8-11-4-6-12(18)7-5-11/h4-7,9,18H,3,8H2,1-2H3,(H,15,16,17). The van der Waals surface area contributed by atoms with E-state index in [-0.39, 0.29) is 5.75 Å². The van der Waals surface area contributed by atoms with Crippen molar-refractivity contribution in [1.82, 2.24) is 9.97 Å². The zero-order chi connectivity index (χ0) is 13.7. The highest BCUT2D eigenvalue weighted by atomic mass is 16.5. The second kappa shape index (κ2) is 6.04. The molecule has 100 valence electrons. The van der Waals surface area contributed by atoms with Crippen LogP contribution in [0.5, 0.6) is 11.6 Å². The van der Waals surface area contributed by atoms with Gasteiger partial charge in [-0.15, -0.1) is 0 Å². The van der Waals surface area contributed by atoms with Gasteiger partial charge in [-0.3, -0.25) is 0 Å². The number of anilines is 1. The molecule has 0 aliphatic rings. The first-order valence-electron chi connectivity index (χ1n) is 6.17. The van der Waals surface area contributed by atoms with Crippen LogP contribution < -0.4 is 10.1 Å². The predicted molar refractivity (Wildman–Crippen MR) is 73.4 cm³/mol. The van der Waals surface area contributed by atoms with Gasteiger partial charge in [-0.25, -0.2) is 9.97 Å². The normalized spacial score (nSPS) is 10.2. The molecule has 5 heteroatoms. The first kappa shape index (κ1) is 13.1. The van der Waals surface area contributed by atoms with Crippen molar-refractivity contribution in [3.05, 3.63) is 41.7 Å². The monoisotopic (exact) mass is 259 g/mol. The van der Waals surface area contributed by atoms with Gasteiger partial charge in [0.15, 0.2) is 0 Å². The van der Waals surface area contributed by atoms with Crippen LogP contribution in [-0.2, 0) is 6.54 Å². The molecule has 0 unspecified atom stereocenters. The van der Waals surface area contributed by atoms with Gasteiger partial charge in [-0.05, 0) is 31.5 Å². The van der Waals surface area contributed by atoms with E-state index in [1.54, 1.807) is 12.1 Å². The minimum atomic E-state index is 0.264. The molecule has 0 aliphatic carbocycles. The Hall–Kier alpha value is -2.30. The van der Waals surface area contributed by atoms with Crippen LogP contribution in [-0.4, -0.2) is 21.7 Å². The number of aromatic nitrogens is 2. The molecule has 0 spiro atoms. The van der Waals surface area contributed by atoms with E-state index in [0.29, 0.717) is 19.0 Å². The highest BCUT2D eigenvalue weighted by Crippen LogP contribution is 2.21. The molecule has 0 saturated carbocycles. The maximum absolute atomic E-state index is 9.22. The number of nitrogens with one attached hydrogen (secondary N) is 1. The highest BCUT2D eigenvalue weighted by molar-refractivity contribution is 5.48. The van der Waals surface area contributed by atoms with E-state index < -0.39 is 0 Å². The van der Waals surface area contributed by atoms with Gasteiger partial charge in [0, 0.05) is 6.54 Å². The Kier molecular flexibility index (Phi) is 4.18. The quantitative estimate of drug-likeness (QED) is 0.863. The highest BCUT2D eigenvalue weighted by Gasteiger charge is 2.07. The number of nitrogens with zero attached hydrogens (tertiary/aromatic N) is 2. The SMILES string of the molecule is CCOc1ncnc(NCc2ccc(O)cc2)c1C. The molecule has 1 aromatic carbocycles. The summed E-state index contributed by atoms with van der Waals surface area (Å²) in [4.78, 5) is 8.29. The summed E-state index contributed by atoms with van der Waals surface area (Å²) in [5.41, 5.74) is 1.96. The predicted octanol–water partition coefficient (Wildman–Crippen LogP) is 2.50. The van der Waals surface area contributed by atoms with E-state index in [1.807, 2.05) is 26.0 Å². The van der Waals surface area contributed by atoms with Gasteiger partial charge < -0.3 is 15.2 Å². The average molecular weight is 259 g/mol. The van der Waals surface area contributed by atoms with Gasteiger partial charge in [-0.1, -0.05) is 12.1 Å². The van der Waals surface area contributed by atoms with E-state index in [4.69, 9.17) is 4.74 Å². The minimum absolute atomic E-state index is 0.264. The Morgan fingerprint density at radius 3 is 2.63 bits per heavy atom. The lowest BCUT2D eigenvalue weighted by molar-refractivity contribution is 0.324. The maximum atomic E-state index is 9.22. The zero-order valence-corrected chi connectivity index (χ0v) is 11.1. The van der Waals surface area contributed by atoms with Crippen LogP contribution >= 0.6 is 0 Å². The summed E-state index contributed by atoms with van der Waals surface area (Å²) >= 11 is 0. The third-order valence-corrected chi connectivity index (χ3v) is 2.72. The van der Waals surface area contributed by atoms with E-state index in [2.05, 4.69) is 15.3 Å². The fourth-order valence-electron chi connectivity index (χ4n) is 1.69. The molecule has 0 atom stereocenters. The number of rotatable bonds is 5. The number of benzene rings is 1. The molecule has 0 saturated heterocycles. The van der Waals surface area contributed by atoms with Crippen molar-refractivity contribution >= 4 is 5.82 Å². The van der Waals surface area contributed by atoms with Crippen molar-refractivity contribution in [2.75, 3.05) is 11.9 Å². The van der Waals surface area contributed by atoms with Gasteiger partial charge in [0.1, 0.15) is 17.9 Å². The van der Waals surface area contributed by atoms with Crippen LogP contribution in [0, 0.1) is 6.92 Å². The maximum Gasteiger partial charge on any atom is 0.221 e. The molecule has 2 rings (SSSR count). The van der Waals surface area contributed by atoms with Crippen molar-refractivity contribution in [2.24, 2.45) is 0 Å². The van der Waals surface area contributed by atoms with Crippen LogP contribution in [0.1, 0.15) is 18.1 Å². The zero-order valence-electron chi connectivity index (χ0n) is 11.1. The summed E-state index contributed by atoms with van der Waals surface area (Å²) in [6, 6.07) is 7.05. The number of ether oxygens (including phenoxy) is 1. The molecule has 0 bridgehead atoms. The van der Waals surface area contributed by atoms with Crippen LogP contribution in [0.3, 0.4) is 0 Å².